The molecule has 96 valence electrons. The fraction of sp³-hybridized carbons (Fsp3) is 0.533. The van der Waals surface area contributed by atoms with Crippen molar-refractivity contribution in [2.24, 2.45) is 5.16 Å². The molecule has 1 N–H and O–H groups in total. The Kier molecular flexibility index (Phi) is 3.33. The Balaban J connectivity index is 1.47. The molecule has 1 atom stereocenters. The van der Waals surface area contributed by atoms with Gasteiger partial charge in [0.2, 0.25) is 0 Å². The van der Waals surface area contributed by atoms with Gasteiger partial charge in [-0.2, -0.15) is 0 Å². The Labute approximate surface area is 107 Å². The number of ether oxygens (including phenoxy) is 1. The molecule has 1 unspecified atom stereocenters. The smallest absolute Gasteiger partial charge is 0.0582 e. The van der Waals surface area contributed by atoms with Gasteiger partial charge in [0.05, 0.1) is 18.4 Å². The molecule has 1 fully saturated rings. The van der Waals surface area contributed by atoms with Crippen LogP contribution >= 0.6 is 0 Å². The molecule has 0 amide bonds. The van der Waals surface area contributed by atoms with Crippen molar-refractivity contribution < 1.29 is 9.94 Å². The van der Waals surface area contributed by atoms with Crippen molar-refractivity contribution in [2.45, 2.75) is 44.1 Å². The van der Waals surface area contributed by atoms with Gasteiger partial charge in [-0.3, -0.25) is 0 Å². The maximum atomic E-state index is 8.70. The molecule has 0 saturated heterocycles. The lowest BCUT2D eigenvalue weighted by Crippen LogP contribution is -2.27. The van der Waals surface area contributed by atoms with Crippen molar-refractivity contribution in [3.8, 4) is 0 Å². The van der Waals surface area contributed by atoms with Crippen LogP contribution in [-0.2, 0) is 11.2 Å². The normalized spacial score (nSPS) is 26.3. The van der Waals surface area contributed by atoms with E-state index in [-0.39, 0.29) is 0 Å². The van der Waals surface area contributed by atoms with Crippen molar-refractivity contribution in [1.82, 2.24) is 0 Å². The zero-order valence-electron chi connectivity index (χ0n) is 10.5. The number of hydrogen-bond donors (Lipinski definition) is 1. The fourth-order valence-corrected chi connectivity index (χ4v) is 2.95. The molecule has 18 heavy (non-hydrogen) atoms. The first-order valence-electron chi connectivity index (χ1n) is 6.76. The molecule has 3 rings (SSSR count). The van der Waals surface area contributed by atoms with Gasteiger partial charge in [-0.25, -0.2) is 0 Å². The highest BCUT2D eigenvalue weighted by Crippen LogP contribution is 2.35. The Morgan fingerprint density at radius 2 is 2.00 bits per heavy atom. The van der Waals surface area contributed by atoms with Gasteiger partial charge in [0.25, 0.3) is 0 Å². The van der Waals surface area contributed by atoms with E-state index >= 15 is 0 Å². The summed E-state index contributed by atoms with van der Waals surface area (Å²) in [6, 6.07) is 8.63. The van der Waals surface area contributed by atoms with E-state index in [1.165, 1.54) is 11.1 Å². The van der Waals surface area contributed by atoms with Gasteiger partial charge in [0.1, 0.15) is 0 Å². The summed E-state index contributed by atoms with van der Waals surface area (Å²) >= 11 is 0. The van der Waals surface area contributed by atoms with E-state index in [0.29, 0.717) is 12.0 Å². The summed E-state index contributed by atoms with van der Waals surface area (Å²) in [6.45, 7) is 0.841. The Morgan fingerprint density at radius 3 is 2.72 bits per heavy atom. The number of hydrogen-bond acceptors (Lipinski definition) is 3. The minimum Gasteiger partial charge on any atom is -0.411 e. The molecule has 3 nitrogen and oxygen atoms in total. The maximum absolute atomic E-state index is 8.70. The summed E-state index contributed by atoms with van der Waals surface area (Å²) in [7, 11) is 0. The Hall–Kier alpha value is -1.35. The van der Waals surface area contributed by atoms with Crippen LogP contribution in [-0.4, -0.2) is 23.6 Å². The molecule has 0 heterocycles. The minimum atomic E-state index is 0.350. The summed E-state index contributed by atoms with van der Waals surface area (Å²) in [5.41, 5.74) is 3.86. The van der Waals surface area contributed by atoms with E-state index in [2.05, 4.69) is 29.4 Å². The third-order valence-corrected chi connectivity index (χ3v) is 4.15. The SMILES string of the molecule is ON=C1CCC(OCC2Cc3ccccc32)CC1. The first kappa shape index (κ1) is 11.7. The molecular formula is C15H19NO2. The van der Waals surface area contributed by atoms with Crippen LogP contribution in [0.3, 0.4) is 0 Å². The summed E-state index contributed by atoms with van der Waals surface area (Å²) in [5.74, 6) is 0.592. The number of fused-ring (bicyclic) bond motifs is 1. The number of oxime groups is 1. The van der Waals surface area contributed by atoms with Crippen molar-refractivity contribution >= 4 is 5.71 Å². The summed E-state index contributed by atoms with van der Waals surface area (Å²) in [5, 5.41) is 12.0. The molecular weight excluding hydrogens is 226 g/mol. The van der Waals surface area contributed by atoms with E-state index < -0.39 is 0 Å². The van der Waals surface area contributed by atoms with E-state index in [1.807, 2.05) is 0 Å². The lowest BCUT2D eigenvalue weighted by atomic mass is 9.78. The Bertz CT molecular complexity index is 446. The number of nitrogens with zero attached hydrogens (tertiary/aromatic N) is 1. The van der Waals surface area contributed by atoms with Crippen LogP contribution in [0.15, 0.2) is 29.4 Å². The first-order chi connectivity index (χ1) is 8.86. The van der Waals surface area contributed by atoms with Crippen LogP contribution in [0.2, 0.25) is 0 Å². The van der Waals surface area contributed by atoms with Crippen LogP contribution in [0.1, 0.15) is 42.7 Å². The zero-order valence-corrected chi connectivity index (χ0v) is 10.5. The number of benzene rings is 1. The molecule has 2 aliphatic rings. The van der Waals surface area contributed by atoms with Crippen molar-refractivity contribution in [3.05, 3.63) is 35.4 Å². The van der Waals surface area contributed by atoms with E-state index in [0.717, 1.165) is 44.4 Å². The van der Waals surface area contributed by atoms with Crippen molar-refractivity contribution in [2.75, 3.05) is 6.61 Å². The van der Waals surface area contributed by atoms with E-state index in [9.17, 15) is 0 Å². The molecule has 2 aliphatic carbocycles. The van der Waals surface area contributed by atoms with Crippen LogP contribution in [0.5, 0.6) is 0 Å². The molecule has 3 heteroatoms. The molecule has 1 aromatic carbocycles. The summed E-state index contributed by atoms with van der Waals surface area (Å²) in [6.07, 6.45) is 5.25. The van der Waals surface area contributed by atoms with Gasteiger partial charge in [-0.15, -0.1) is 0 Å². The molecule has 0 aromatic heterocycles. The maximum Gasteiger partial charge on any atom is 0.0582 e. The van der Waals surface area contributed by atoms with Gasteiger partial charge in [0.15, 0.2) is 0 Å². The third-order valence-electron chi connectivity index (χ3n) is 4.15. The minimum absolute atomic E-state index is 0.350. The number of rotatable bonds is 3. The van der Waals surface area contributed by atoms with Gasteiger partial charge < -0.3 is 9.94 Å². The predicted molar refractivity (Wildman–Crippen MR) is 70.3 cm³/mol. The summed E-state index contributed by atoms with van der Waals surface area (Å²) < 4.78 is 6.00. The summed E-state index contributed by atoms with van der Waals surface area (Å²) in [4.78, 5) is 0. The van der Waals surface area contributed by atoms with Crippen molar-refractivity contribution in [1.29, 1.82) is 0 Å². The van der Waals surface area contributed by atoms with Gasteiger partial charge in [-0.1, -0.05) is 29.4 Å². The Morgan fingerprint density at radius 1 is 1.22 bits per heavy atom. The average molecular weight is 245 g/mol. The quantitative estimate of drug-likeness (QED) is 0.656. The van der Waals surface area contributed by atoms with Crippen LogP contribution in [0.4, 0.5) is 0 Å². The lowest BCUT2D eigenvalue weighted by Gasteiger charge is -2.32. The highest BCUT2D eigenvalue weighted by molar-refractivity contribution is 5.84. The molecule has 0 aliphatic heterocycles. The van der Waals surface area contributed by atoms with E-state index in [4.69, 9.17) is 9.94 Å². The molecule has 1 saturated carbocycles. The second-order valence-corrected chi connectivity index (χ2v) is 5.30. The highest BCUT2D eigenvalue weighted by atomic mass is 16.5. The molecule has 0 radical (unpaired) electrons. The average Bonchev–Trinajstić information content (AvgIpc) is 2.40. The van der Waals surface area contributed by atoms with E-state index in [1.54, 1.807) is 0 Å². The molecule has 0 spiro atoms. The largest absolute Gasteiger partial charge is 0.411 e. The monoisotopic (exact) mass is 245 g/mol. The van der Waals surface area contributed by atoms with Crippen LogP contribution in [0, 0.1) is 0 Å². The van der Waals surface area contributed by atoms with Gasteiger partial charge in [-0.05, 0) is 43.2 Å². The first-order valence-corrected chi connectivity index (χ1v) is 6.76. The van der Waals surface area contributed by atoms with Gasteiger partial charge in [0, 0.05) is 5.92 Å². The zero-order chi connectivity index (χ0) is 12.4. The lowest BCUT2D eigenvalue weighted by molar-refractivity contribution is 0.0275. The second-order valence-electron chi connectivity index (χ2n) is 5.30. The molecule has 1 aromatic rings. The second kappa shape index (κ2) is 5.11. The fourth-order valence-electron chi connectivity index (χ4n) is 2.95. The molecule has 0 bridgehead atoms. The van der Waals surface area contributed by atoms with Crippen LogP contribution < -0.4 is 0 Å². The predicted octanol–water partition coefficient (Wildman–Crippen LogP) is 3.12. The van der Waals surface area contributed by atoms with Crippen molar-refractivity contribution in [3.63, 3.8) is 0 Å². The van der Waals surface area contributed by atoms with Gasteiger partial charge >= 0.3 is 0 Å². The topological polar surface area (TPSA) is 41.8 Å². The standard InChI is InChI=1S/C15H19NO2/c17-16-13-5-7-14(8-6-13)18-10-12-9-11-3-1-2-4-15(11)12/h1-4,12,14,17H,5-10H2. The van der Waals surface area contributed by atoms with Crippen LogP contribution in [0.25, 0.3) is 0 Å². The third kappa shape index (κ3) is 2.27. The highest BCUT2D eigenvalue weighted by Gasteiger charge is 2.27.